The average molecular weight is 240 g/mol. The number of piperidine rings is 1. The molecule has 1 heterocycles. The van der Waals surface area contributed by atoms with E-state index in [1.165, 1.54) is 19.3 Å². The number of likely N-dealkylation sites (tertiary alicyclic amines) is 1. The molecule has 0 unspecified atom stereocenters. The molecule has 0 spiro atoms. The van der Waals surface area contributed by atoms with E-state index in [9.17, 15) is 4.79 Å². The third-order valence-electron chi connectivity index (χ3n) is 3.28. The number of rotatable bonds is 5. The Morgan fingerprint density at radius 3 is 2.35 bits per heavy atom. The molecular weight excluding hydrogens is 212 g/mol. The lowest BCUT2D eigenvalue weighted by Gasteiger charge is -2.26. The fourth-order valence-electron chi connectivity index (χ4n) is 2.09. The lowest BCUT2D eigenvalue weighted by molar-refractivity contribution is -0.131. The van der Waals surface area contributed by atoms with Crippen molar-refractivity contribution in [3.8, 4) is 0 Å². The van der Waals surface area contributed by atoms with Crippen LogP contribution in [0.3, 0.4) is 0 Å². The molecule has 1 amide bonds. The Bertz CT molecular complexity index is 227. The molecule has 1 aliphatic rings. The van der Waals surface area contributed by atoms with Gasteiger partial charge in [-0.1, -0.05) is 20.8 Å². The number of carbonyl (C=O) groups excluding carboxylic acids is 1. The highest BCUT2D eigenvalue weighted by Crippen LogP contribution is 2.16. The number of amides is 1. The Morgan fingerprint density at radius 1 is 1.12 bits per heavy atom. The normalized spacial score (nSPS) is 17.2. The minimum Gasteiger partial charge on any atom is -0.343 e. The van der Waals surface area contributed by atoms with Crippen LogP contribution < -0.4 is 5.32 Å². The average Bonchev–Trinajstić information content (AvgIpc) is 2.28. The first-order valence-electron chi connectivity index (χ1n) is 6.97. The van der Waals surface area contributed by atoms with Crippen LogP contribution in [0.15, 0.2) is 0 Å². The molecule has 0 aromatic rings. The van der Waals surface area contributed by atoms with Gasteiger partial charge < -0.3 is 10.2 Å². The second-order valence-corrected chi connectivity index (χ2v) is 6.25. The summed E-state index contributed by atoms with van der Waals surface area (Å²) in [6, 6.07) is 0. The SMILES string of the molecule is CC(C)(C)CCNCCC(=O)N1CCCCC1. The minimum atomic E-state index is 0.327. The highest BCUT2D eigenvalue weighted by Gasteiger charge is 2.15. The molecule has 0 radical (unpaired) electrons. The van der Waals surface area contributed by atoms with Crippen LogP contribution in [-0.2, 0) is 4.79 Å². The molecule has 1 rings (SSSR count). The number of nitrogens with zero attached hydrogens (tertiary/aromatic N) is 1. The summed E-state index contributed by atoms with van der Waals surface area (Å²) in [6.45, 7) is 10.5. The molecule has 1 fully saturated rings. The van der Waals surface area contributed by atoms with Gasteiger partial charge >= 0.3 is 0 Å². The zero-order chi connectivity index (χ0) is 12.7. The van der Waals surface area contributed by atoms with E-state index in [2.05, 4.69) is 26.1 Å². The van der Waals surface area contributed by atoms with Crippen molar-refractivity contribution in [2.75, 3.05) is 26.2 Å². The van der Waals surface area contributed by atoms with Crippen LogP contribution in [0.5, 0.6) is 0 Å². The van der Waals surface area contributed by atoms with Crippen molar-refractivity contribution in [1.82, 2.24) is 10.2 Å². The number of nitrogens with one attached hydrogen (secondary N) is 1. The number of hydrogen-bond acceptors (Lipinski definition) is 2. The quantitative estimate of drug-likeness (QED) is 0.749. The van der Waals surface area contributed by atoms with Gasteiger partial charge in [-0.15, -0.1) is 0 Å². The van der Waals surface area contributed by atoms with E-state index in [1.54, 1.807) is 0 Å². The van der Waals surface area contributed by atoms with Crippen molar-refractivity contribution in [3.63, 3.8) is 0 Å². The highest BCUT2D eigenvalue weighted by molar-refractivity contribution is 5.76. The zero-order valence-corrected chi connectivity index (χ0v) is 11.7. The molecule has 0 atom stereocenters. The monoisotopic (exact) mass is 240 g/mol. The Kier molecular flexibility index (Phi) is 5.96. The van der Waals surface area contributed by atoms with Gasteiger partial charge in [-0.2, -0.15) is 0 Å². The van der Waals surface area contributed by atoms with Crippen molar-refractivity contribution in [2.24, 2.45) is 5.41 Å². The fourth-order valence-corrected chi connectivity index (χ4v) is 2.09. The predicted octanol–water partition coefficient (Wildman–Crippen LogP) is 2.41. The fraction of sp³-hybridized carbons (Fsp3) is 0.929. The molecule has 100 valence electrons. The van der Waals surface area contributed by atoms with E-state index >= 15 is 0 Å². The molecule has 3 heteroatoms. The van der Waals surface area contributed by atoms with Gasteiger partial charge in [0.05, 0.1) is 0 Å². The van der Waals surface area contributed by atoms with E-state index in [0.717, 1.165) is 32.6 Å². The maximum atomic E-state index is 11.8. The van der Waals surface area contributed by atoms with Crippen LogP contribution in [0.4, 0.5) is 0 Å². The van der Waals surface area contributed by atoms with Crippen LogP contribution in [0.2, 0.25) is 0 Å². The van der Waals surface area contributed by atoms with Gasteiger partial charge in [0.1, 0.15) is 0 Å². The first-order valence-corrected chi connectivity index (χ1v) is 6.97. The highest BCUT2D eigenvalue weighted by atomic mass is 16.2. The van der Waals surface area contributed by atoms with Gasteiger partial charge in [-0.3, -0.25) is 4.79 Å². The van der Waals surface area contributed by atoms with Crippen molar-refractivity contribution >= 4 is 5.91 Å². The van der Waals surface area contributed by atoms with Crippen LogP contribution in [0.1, 0.15) is 52.9 Å². The molecule has 17 heavy (non-hydrogen) atoms. The van der Waals surface area contributed by atoms with Crippen molar-refractivity contribution in [3.05, 3.63) is 0 Å². The molecule has 0 saturated carbocycles. The topological polar surface area (TPSA) is 32.3 Å². The Hall–Kier alpha value is -0.570. The summed E-state index contributed by atoms with van der Waals surface area (Å²) in [5, 5.41) is 3.36. The van der Waals surface area contributed by atoms with Crippen LogP contribution in [0, 0.1) is 5.41 Å². The molecule has 1 saturated heterocycles. The van der Waals surface area contributed by atoms with Gasteiger partial charge in [0.25, 0.3) is 0 Å². The van der Waals surface area contributed by atoms with E-state index < -0.39 is 0 Å². The Labute approximate surface area is 106 Å². The summed E-state index contributed by atoms with van der Waals surface area (Å²) in [7, 11) is 0. The number of carbonyl (C=O) groups is 1. The lowest BCUT2D eigenvalue weighted by atomic mass is 9.92. The summed E-state index contributed by atoms with van der Waals surface area (Å²) < 4.78 is 0. The van der Waals surface area contributed by atoms with Crippen LogP contribution in [0.25, 0.3) is 0 Å². The standard InChI is InChI=1S/C14H28N2O/c1-14(2,3)8-10-15-9-7-13(17)16-11-5-4-6-12-16/h15H,4-12H2,1-3H3. The van der Waals surface area contributed by atoms with Crippen LogP contribution in [-0.4, -0.2) is 37.0 Å². The van der Waals surface area contributed by atoms with Gasteiger partial charge in [0, 0.05) is 26.1 Å². The Balaban J connectivity index is 2.04. The molecule has 1 N–H and O–H groups in total. The summed E-state index contributed by atoms with van der Waals surface area (Å²) in [4.78, 5) is 13.9. The molecule has 0 bridgehead atoms. The second kappa shape index (κ2) is 7.00. The molecule has 0 aliphatic carbocycles. The third kappa shape index (κ3) is 6.67. The van der Waals surface area contributed by atoms with Crippen molar-refractivity contribution in [2.45, 2.75) is 52.9 Å². The molecule has 3 nitrogen and oxygen atoms in total. The van der Waals surface area contributed by atoms with E-state index in [0.29, 0.717) is 17.7 Å². The van der Waals surface area contributed by atoms with E-state index in [-0.39, 0.29) is 0 Å². The smallest absolute Gasteiger partial charge is 0.223 e. The van der Waals surface area contributed by atoms with Gasteiger partial charge in [-0.05, 0) is 37.6 Å². The largest absolute Gasteiger partial charge is 0.343 e. The maximum Gasteiger partial charge on any atom is 0.223 e. The summed E-state index contributed by atoms with van der Waals surface area (Å²) in [5.74, 6) is 0.327. The van der Waals surface area contributed by atoms with Gasteiger partial charge in [0.15, 0.2) is 0 Å². The van der Waals surface area contributed by atoms with Gasteiger partial charge in [0.2, 0.25) is 5.91 Å². The molecule has 0 aromatic carbocycles. The first kappa shape index (κ1) is 14.5. The molecule has 0 aromatic heterocycles. The summed E-state index contributed by atoms with van der Waals surface area (Å²) in [5.41, 5.74) is 0.379. The van der Waals surface area contributed by atoms with Gasteiger partial charge in [-0.25, -0.2) is 0 Å². The summed E-state index contributed by atoms with van der Waals surface area (Å²) >= 11 is 0. The predicted molar refractivity (Wildman–Crippen MR) is 72.0 cm³/mol. The zero-order valence-electron chi connectivity index (χ0n) is 11.7. The second-order valence-electron chi connectivity index (χ2n) is 6.25. The van der Waals surface area contributed by atoms with Crippen molar-refractivity contribution < 1.29 is 4.79 Å². The Morgan fingerprint density at radius 2 is 1.76 bits per heavy atom. The third-order valence-corrected chi connectivity index (χ3v) is 3.28. The molecular formula is C14H28N2O. The van der Waals surface area contributed by atoms with E-state index in [1.807, 2.05) is 4.90 Å². The lowest BCUT2D eigenvalue weighted by Crippen LogP contribution is -2.37. The van der Waals surface area contributed by atoms with E-state index in [4.69, 9.17) is 0 Å². The van der Waals surface area contributed by atoms with Crippen LogP contribution >= 0.6 is 0 Å². The summed E-state index contributed by atoms with van der Waals surface area (Å²) in [6.07, 6.45) is 5.47. The first-order chi connectivity index (χ1) is 7.99. The maximum absolute atomic E-state index is 11.8. The minimum absolute atomic E-state index is 0.327. The molecule has 1 aliphatic heterocycles. The number of hydrogen-bond donors (Lipinski definition) is 1. The van der Waals surface area contributed by atoms with Crippen molar-refractivity contribution in [1.29, 1.82) is 0 Å².